The van der Waals surface area contributed by atoms with Gasteiger partial charge in [0.1, 0.15) is 12.1 Å². The Morgan fingerprint density at radius 1 is 1.43 bits per heavy atom. The lowest BCUT2D eigenvalue weighted by molar-refractivity contribution is -0.113. The average molecular weight is 332 g/mol. The summed E-state index contributed by atoms with van der Waals surface area (Å²) in [5.41, 5.74) is 0. The van der Waals surface area contributed by atoms with Crippen molar-refractivity contribution in [3.05, 3.63) is 18.6 Å². The van der Waals surface area contributed by atoms with E-state index in [1.54, 1.807) is 12.5 Å². The largest absolute Gasteiger partial charge is 0.310 e. The van der Waals surface area contributed by atoms with Crippen molar-refractivity contribution >= 4 is 23.5 Å². The second kappa shape index (κ2) is 5.99. The third-order valence-corrected chi connectivity index (χ3v) is 5.40. The van der Waals surface area contributed by atoms with Gasteiger partial charge < -0.3 is 9.88 Å². The quantitative estimate of drug-likeness (QED) is 0.788. The smallest absolute Gasteiger partial charge is 0.235 e. The molecular formula is C15H20N6OS. The maximum absolute atomic E-state index is 12.2. The second-order valence-electron chi connectivity index (χ2n) is 6.33. The average Bonchev–Trinajstić information content (AvgIpc) is 3.47. The molecule has 7 nitrogen and oxygen atoms in total. The number of hydrogen-bond donors (Lipinski definition) is 1. The fourth-order valence-corrected chi connectivity index (χ4v) is 3.55. The van der Waals surface area contributed by atoms with Crippen molar-refractivity contribution in [2.45, 2.75) is 49.8 Å². The molecule has 1 amide bonds. The highest BCUT2D eigenvalue weighted by Crippen LogP contribution is 2.40. The molecule has 2 aromatic rings. The van der Waals surface area contributed by atoms with Crippen LogP contribution in [0.4, 0.5) is 5.82 Å². The summed E-state index contributed by atoms with van der Waals surface area (Å²) in [6, 6.07) is 2.72. The molecule has 0 aromatic carbocycles. The van der Waals surface area contributed by atoms with Gasteiger partial charge >= 0.3 is 0 Å². The van der Waals surface area contributed by atoms with Crippen LogP contribution in [0.15, 0.2) is 23.7 Å². The maximum atomic E-state index is 12.2. The van der Waals surface area contributed by atoms with E-state index in [2.05, 4.69) is 32.1 Å². The highest BCUT2D eigenvalue weighted by atomic mass is 32.2. The van der Waals surface area contributed by atoms with Gasteiger partial charge in [-0.05, 0) is 38.5 Å². The molecule has 0 bridgehead atoms. The van der Waals surface area contributed by atoms with Crippen molar-refractivity contribution in [1.29, 1.82) is 0 Å². The summed E-state index contributed by atoms with van der Waals surface area (Å²) in [5.74, 6) is 1.76. The molecule has 1 N–H and O–H groups in total. The number of carbonyl (C=O) groups is 1. The van der Waals surface area contributed by atoms with E-state index in [9.17, 15) is 4.79 Å². The third-order valence-electron chi connectivity index (χ3n) is 4.44. The van der Waals surface area contributed by atoms with Gasteiger partial charge in [0, 0.05) is 12.1 Å². The molecule has 0 saturated heterocycles. The second-order valence-corrected chi connectivity index (χ2v) is 7.27. The van der Waals surface area contributed by atoms with Crippen LogP contribution in [0.25, 0.3) is 0 Å². The summed E-state index contributed by atoms with van der Waals surface area (Å²) < 4.78 is 3.99. The first-order valence-electron chi connectivity index (χ1n) is 8.08. The summed E-state index contributed by atoms with van der Waals surface area (Å²) in [6.07, 6.45) is 8.35. The molecule has 2 heterocycles. The number of nitrogens with zero attached hydrogens (tertiary/aromatic N) is 5. The van der Waals surface area contributed by atoms with Gasteiger partial charge in [-0.3, -0.25) is 4.79 Å². The summed E-state index contributed by atoms with van der Waals surface area (Å²) >= 11 is 1.43. The molecule has 23 heavy (non-hydrogen) atoms. The lowest BCUT2D eigenvalue weighted by atomic mass is 10.2. The van der Waals surface area contributed by atoms with Crippen molar-refractivity contribution in [3.63, 3.8) is 0 Å². The van der Waals surface area contributed by atoms with Gasteiger partial charge in [-0.15, -0.1) is 10.2 Å². The zero-order valence-electron chi connectivity index (χ0n) is 13.1. The van der Waals surface area contributed by atoms with Gasteiger partial charge in [0.05, 0.1) is 18.0 Å². The Balaban J connectivity index is 1.35. The maximum Gasteiger partial charge on any atom is 0.235 e. The Morgan fingerprint density at radius 2 is 2.26 bits per heavy atom. The Labute approximate surface area is 138 Å². The van der Waals surface area contributed by atoms with Crippen LogP contribution >= 0.6 is 11.8 Å². The van der Waals surface area contributed by atoms with Gasteiger partial charge in [0.15, 0.2) is 5.16 Å². The van der Waals surface area contributed by atoms with E-state index in [-0.39, 0.29) is 5.91 Å². The number of amides is 1. The Hall–Kier alpha value is -1.83. The van der Waals surface area contributed by atoms with E-state index in [0.717, 1.165) is 11.0 Å². The van der Waals surface area contributed by atoms with Crippen molar-refractivity contribution in [3.8, 4) is 0 Å². The van der Waals surface area contributed by atoms with Crippen LogP contribution < -0.4 is 5.32 Å². The number of nitrogens with one attached hydrogen (secondary N) is 1. The molecule has 2 fully saturated rings. The predicted octanol–water partition coefficient (Wildman–Crippen LogP) is 2.51. The molecule has 2 aromatic heterocycles. The lowest BCUT2D eigenvalue weighted by Crippen LogP contribution is -2.20. The van der Waals surface area contributed by atoms with Crippen LogP contribution in [0, 0.1) is 5.92 Å². The fraction of sp³-hybridized carbons (Fsp3) is 0.600. The summed E-state index contributed by atoms with van der Waals surface area (Å²) in [4.78, 5) is 12.2. The minimum absolute atomic E-state index is 0.0370. The molecule has 0 radical (unpaired) electrons. The third kappa shape index (κ3) is 3.26. The lowest BCUT2D eigenvalue weighted by Gasteiger charge is -2.15. The first kappa shape index (κ1) is 14.7. The standard InChI is InChI=1S/C15H20N6OS/c1-10(11-2-3-11)21-13(6-7-17-21)18-14(22)8-23-15-19-16-9-20(15)12-4-5-12/h6-7,9-12H,2-5,8H2,1H3,(H,18,22)/t10-/m1/s1. The van der Waals surface area contributed by atoms with E-state index in [0.29, 0.717) is 23.8 Å². The highest BCUT2D eigenvalue weighted by Gasteiger charge is 2.31. The zero-order chi connectivity index (χ0) is 15.8. The molecule has 0 spiro atoms. The van der Waals surface area contributed by atoms with Gasteiger partial charge in [0.2, 0.25) is 5.91 Å². The van der Waals surface area contributed by atoms with Gasteiger partial charge in [0.25, 0.3) is 0 Å². The molecule has 1 atom stereocenters. The van der Waals surface area contributed by atoms with Crippen molar-refractivity contribution in [2.24, 2.45) is 5.92 Å². The van der Waals surface area contributed by atoms with Crippen LogP contribution in [-0.2, 0) is 4.79 Å². The van der Waals surface area contributed by atoms with E-state index < -0.39 is 0 Å². The van der Waals surface area contributed by atoms with E-state index in [1.807, 2.05) is 10.7 Å². The minimum atomic E-state index is -0.0370. The Bertz CT molecular complexity index is 702. The van der Waals surface area contributed by atoms with Crippen LogP contribution in [0.5, 0.6) is 0 Å². The first-order valence-corrected chi connectivity index (χ1v) is 9.06. The van der Waals surface area contributed by atoms with Gasteiger partial charge in [-0.1, -0.05) is 11.8 Å². The molecule has 8 heteroatoms. The zero-order valence-corrected chi connectivity index (χ0v) is 13.9. The summed E-state index contributed by atoms with van der Waals surface area (Å²) in [5, 5.41) is 16.2. The first-order chi connectivity index (χ1) is 11.2. The molecule has 122 valence electrons. The fourth-order valence-electron chi connectivity index (χ4n) is 2.76. The Morgan fingerprint density at radius 3 is 3.00 bits per heavy atom. The molecule has 2 aliphatic rings. The number of aromatic nitrogens is 5. The van der Waals surface area contributed by atoms with Crippen molar-refractivity contribution < 1.29 is 4.79 Å². The normalized spacial score (nSPS) is 18.8. The van der Waals surface area contributed by atoms with Crippen LogP contribution in [0.2, 0.25) is 0 Å². The minimum Gasteiger partial charge on any atom is -0.310 e. The monoisotopic (exact) mass is 332 g/mol. The van der Waals surface area contributed by atoms with Crippen molar-refractivity contribution in [1.82, 2.24) is 24.5 Å². The van der Waals surface area contributed by atoms with E-state index in [1.165, 1.54) is 37.4 Å². The Kier molecular flexibility index (Phi) is 3.84. The van der Waals surface area contributed by atoms with Crippen LogP contribution in [-0.4, -0.2) is 36.2 Å². The number of hydrogen-bond acceptors (Lipinski definition) is 5. The summed E-state index contributed by atoms with van der Waals surface area (Å²) in [7, 11) is 0. The van der Waals surface area contributed by atoms with Gasteiger partial charge in [-0.25, -0.2) is 4.68 Å². The number of carbonyl (C=O) groups excluding carboxylic acids is 1. The van der Waals surface area contributed by atoms with E-state index in [4.69, 9.17) is 0 Å². The molecule has 0 unspecified atom stereocenters. The molecular weight excluding hydrogens is 312 g/mol. The van der Waals surface area contributed by atoms with Crippen molar-refractivity contribution in [2.75, 3.05) is 11.1 Å². The molecule has 2 saturated carbocycles. The number of anilines is 1. The molecule has 4 rings (SSSR count). The predicted molar refractivity (Wildman–Crippen MR) is 87.3 cm³/mol. The molecule has 0 aliphatic heterocycles. The highest BCUT2D eigenvalue weighted by molar-refractivity contribution is 7.99. The number of rotatable bonds is 7. The van der Waals surface area contributed by atoms with E-state index >= 15 is 0 Å². The number of thioether (sulfide) groups is 1. The SMILES string of the molecule is C[C@H](C1CC1)n1nccc1NC(=O)CSc1nncn1C1CC1. The van der Waals surface area contributed by atoms with Gasteiger partial charge in [-0.2, -0.15) is 5.10 Å². The summed E-state index contributed by atoms with van der Waals surface area (Å²) in [6.45, 7) is 2.16. The van der Waals surface area contributed by atoms with Crippen LogP contribution in [0.3, 0.4) is 0 Å². The topological polar surface area (TPSA) is 77.6 Å². The van der Waals surface area contributed by atoms with Crippen LogP contribution in [0.1, 0.15) is 44.7 Å². The molecule has 2 aliphatic carbocycles.